The molecule has 0 saturated carbocycles. The minimum absolute atomic E-state index is 0.205. The second kappa shape index (κ2) is 9.67. The number of benzene rings is 1. The molecule has 1 aliphatic rings. The summed E-state index contributed by atoms with van der Waals surface area (Å²) in [4.78, 5) is 34.6. The monoisotopic (exact) mass is 443 g/mol. The zero-order chi connectivity index (χ0) is 23.4. The molecule has 0 radical (unpaired) electrons. The highest BCUT2D eigenvalue weighted by Crippen LogP contribution is 2.22. The Morgan fingerprint density at radius 2 is 1.88 bits per heavy atom. The fourth-order valence-corrected chi connectivity index (χ4v) is 4.02. The molecule has 0 bridgehead atoms. The SMILES string of the molecule is COC(=O)/C(C#N)=C/c1c(N2CCN(Cc3ccccc3)CC2)nc2c(C)cccn2c1=O. The second-order valence-electron chi connectivity index (χ2n) is 7.95. The van der Waals surface area contributed by atoms with Crippen molar-refractivity contribution in [3.05, 3.63) is 81.3 Å². The minimum Gasteiger partial charge on any atom is -0.465 e. The van der Waals surface area contributed by atoms with Crippen LogP contribution in [0.4, 0.5) is 5.82 Å². The van der Waals surface area contributed by atoms with Gasteiger partial charge >= 0.3 is 5.97 Å². The van der Waals surface area contributed by atoms with Gasteiger partial charge in [0.2, 0.25) is 0 Å². The summed E-state index contributed by atoms with van der Waals surface area (Å²) >= 11 is 0. The third kappa shape index (κ3) is 4.64. The largest absolute Gasteiger partial charge is 0.465 e. The molecule has 8 nitrogen and oxygen atoms in total. The number of carbonyl (C=O) groups excluding carboxylic acids is 1. The second-order valence-corrected chi connectivity index (χ2v) is 7.95. The highest BCUT2D eigenvalue weighted by molar-refractivity contribution is 5.98. The van der Waals surface area contributed by atoms with Gasteiger partial charge in [0.25, 0.3) is 5.56 Å². The summed E-state index contributed by atoms with van der Waals surface area (Å²) in [6.45, 7) is 5.69. The maximum absolute atomic E-state index is 13.4. The Bertz CT molecular complexity index is 1300. The van der Waals surface area contributed by atoms with Crippen LogP contribution in [0.1, 0.15) is 16.7 Å². The van der Waals surface area contributed by atoms with Crippen molar-refractivity contribution in [1.29, 1.82) is 5.26 Å². The van der Waals surface area contributed by atoms with Crippen LogP contribution in [0.25, 0.3) is 11.7 Å². The molecule has 3 heterocycles. The van der Waals surface area contributed by atoms with E-state index in [0.717, 1.165) is 25.2 Å². The molecule has 0 atom stereocenters. The summed E-state index contributed by atoms with van der Waals surface area (Å²) in [5.41, 5.74) is 2.30. The number of fused-ring (bicyclic) bond motifs is 1. The number of aromatic nitrogens is 2. The van der Waals surface area contributed by atoms with Gasteiger partial charge in [-0.2, -0.15) is 5.26 Å². The maximum atomic E-state index is 13.4. The third-order valence-electron chi connectivity index (χ3n) is 5.80. The smallest absolute Gasteiger partial charge is 0.348 e. The molecule has 0 amide bonds. The van der Waals surface area contributed by atoms with Crippen LogP contribution in [0, 0.1) is 18.3 Å². The van der Waals surface area contributed by atoms with Crippen molar-refractivity contribution in [2.75, 3.05) is 38.2 Å². The van der Waals surface area contributed by atoms with Crippen LogP contribution in [-0.4, -0.2) is 53.5 Å². The molecule has 168 valence electrons. The highest BCUT2D eigenvalue weighted by atomic mass is 16.5. The Hall–Kier alpha value is -3.96. The van der Waals surface area contributed by atoms with Crippen molar-refractivity contribution < 1.29 is 9.53 Å². The number of anilines is 1. The maximum Gasteiger partial charge on any atom is 0.348 e. The molecule has 0 spiro atoms. The van der Waals surface area contributed by atoms with E-state index in [1.54, 1.807) is 12.3 Å². The summed E-state index contributed by atoms with van der Waals surface area (Å²) in [5, 5.41) is 9.44. The number of piperazine rings is 1. The summed E-state index contributed by atoms with van der Waals surface area (Å²) in [7, 11) is 1.20. The zero-order valence-electron chi connectivity index (χ0n) is 18.7. The number of methoxy groups -OCH3 is 1. The van der Waals surface area contributed by atoms with E-state index in [0.29, 0.717) is 24.6 Å². The third-order valence-corrected chi connectivity index (χ3v) is 5.80. The van der Waals surface area contributed by atoms with Crippen LogP contribution in [0.5, 0.6) is 0 Å². The molecule has 1 aromatic carbocycles. The lowest BCUT2D eigenvalue weighted by molar-refractivity contribution is -0.135. The predicted molar refractivity (Wildman–Crippen MR) is 126 cm³/mol. The van der Waals surface area contributed by atoms with Crippen molar-refractivity contribution in [3.8, 4) is 6.07 Å². The molecule has 3 aromatic rings. The number of pyridine rings is 1. The van der Waals surface area contributed by atoms with Gasteiger partial charge in [-0.05, 0) is 30.2 Å². The van der Waals surface area contributed by atoms with Gasteiger partial charge in [0.05, 0.1) is 12.7 Å². The topological polar surface area (TPSA) is 90.9 Å². The van der Waals surface area contributed by atoms with Crippen molar-refractivity contribution in [1.82, 2.24) is 14.3 Å². The molecule has 33 heavy (non-hydrogen) atoms. The Labute approximate surface area is 192 Å². The van der Waals surface area contributed by atoms with Gasteiger partial charge in [0.1, 0.15) is 23.1 Å². The standard InChI is InChI=1S/C25H25N5O3/c1-18-7-6-10-30-22(18)27-23(21(24(30)31)15-20(16-26)25(32)33-2)29-13-11-28(12-14-29)17-19-8-4-3-5-9-19/h3-10,15H,11-14,17H2,1-2H3/b20-15+. The molecule has 1 fully saturated rings. The van der Waals surface area contributed by atoms with Crippen LogP contribution in [-0.2, 0) is 16.1 Å². The Morgan fingerprint density at radius 3 is 2.55 bits per heavy atom. The molecular weight excluding hydrogens is 418 g/mol. The van der Waals surface area contributed by atoms with E-state index in [2.05, 4.69) is 17.0 Å². The molecule has 0 unspecified atom stereocenters. The average molecular weight is 444 g/mol. The average Bonchev–Trinajstić information content (AvgIpc) is 2.84. The number of rotatable bonds is 5. The van der Waals surface area contributed by atoms with Crippen LogP contribution >= 0.6 is 0 Å². The number of ether oxygens (including phenoxy) is 1. The van der Waals surface area contributed by atoms with Crippen molar-refractivity contribution in [2.24, 2.45) is 0 Å². The molecule has 1 saturated heterocycles. The van der Waals surface area contributed by atoms with Gasteiger partial charge < -0.3 is 9.64 Å². The van der Waals surface area contributed by atoms with Gasteiger partial charge in [-0.25, -0.2) is 9.78 Å². The van der Waals surface area contributed by atoms with Gasteiger partial charge in [-0.15, -0.1) is 0 Å². The Kier molecular flexibility index (Phi) is 6.52. The van der Waals surface area contributed by atoms with Crippen molar-refractivity contribution in [3.63, 3.8) is 0 Å². The van der Waals surface area contributed by atoms with Crippen LogP contribution < -0.4 is 10.5 Å². The lowest BCUT2D eigenvalue weighted by atomic mass is 10.1. The predicted octanol–water partition coefficient (Wildman–Crippen LogP) is 2.41. The highest BCUT2D eigenvalue weighted by Gasteiger charge is 2.24. The van der Waals surface area contributed by atoms with E-state index in [1.807, 2.05) is 42.2 Å². The summed E-state index contributed by atoms with van der Waals surface area (Å²) in [6.07, 6.45) is 2.93. The minimum atomic E-state index is -0.787. The summed E-state index contributed by atoms with van der Waals surface area (Å²) in [5.74, 6) is -0.310. The molecule has 0 N–H and O–H groups in total. The number of nitrogens with zero attached hydrogens (tertiary/aromatic N) is 5. The van der Waals surface area contributed by atoms with Crippen LogP contribution in [0.2, 0.25) is 0 Å². The van der Waals surface area contributed by atoms with Gasteiger partial charge in [-0.3, -0.25) is 14.1 Å². The van der Waals surface area contributed by atoms with Crippen molar-refractivity contribution in [2.45, 2.75) is 13.5 Å². The fourth-order valence-electron chi connectivity index (χ4n) is 4.02. The molecule has 0 aliphatic carbocycles. The van der Waals surface area contributed by atoms with Crippen LogP contribution in [0.15, 0.2) is 59.0 Å². The van der Waals surface area contributed by atoms with E-state index in [-0.39, 0.29) is 16.7 Å². The first-order valence-corrected chi connectivity index (χ1v) is 10.7. The lowest BCUT2D eigenvalue weighted by Crippen LogP contribution is -2.47. The molecular formula is C25H25N5O3. The van der Waals surface area contributed by atoms with E-state index >= 15 is 0 Å². The summed E-state index contributed by atoms with van der Waals surface area (Å²) in [6, 6.07) is 15.8. The molecule has 2 aromatic heterocycles. The van der Waals surface area contributed by atoms with E-state index in [9.17, 15) is 14.9 Å². The Morgan fingerprint density at radius 1 is 1.15 bits per heavy atom. The first-order chi connectivity index (χ1) is 16.0. The van der Waals surface area contributed by atoms with Gasteiger partial charge in [-0.1, -0.05) is 36.4 Å². The molecule has 8 heteroatoms. The van der Waals surface area contributed by atoms with Gasteiger partial charge in [0, 0.05) is 38.9 Å². The normalized spacial score (nSPS) is 14.8. The summed E-state index contributed by atoms with van der Waals surface area (Å²) < 4.78 is 6.15. The van der Waals surface area contributed by atoms with Crippen molar-refractivity contribution >= 4 is 23.5 Å². The number of aryl methyl sites for hydroxylation is 1. The van der Waals surface area contributed by atoms with Crippen LogP contribution in [0.3, 0.4) is 0 Å². The Balaban J connectivity index is 1.71. The van der Waals surface area contributed by atoms with E-state index < -0.39 is 5.97 Å². The quantitative estimate of drug-likeness (QED) is 0.340. The zero-order valence-corrected chi connectivity index (χ0v) is 18.7. The first kappa shape index (κ1) is 22.2. The number of hydrogen-bond acceptors (Lipinski definition) is 7. The molecule has 1 aliphatic heterocycles. The number of carbonyl (C=O) groups is 1. The first-order valence-electron chi connectivity index (χ1n) is 10.7. The van der Waals surface area contributed by atoms with Gasteiger partial charge in [0.15, 0.2) is 0 Å². The van der Waals surface area contributed by atoms with E-state index in [1.165, 1.54) is 23.1 Å². The van der Waals surface area contributed by atoms with E-state index in [4.69, 9.17) is 9.72 Å². The number of hydrogen-bond donors (Lipinski definition) is 0. The fraction of sp³-hybridized carbons (Fsp3) is 0.280. The lowest BCUT2D eigenvalue weighted by Gasteiger charge is -2.36. The number of esters is 1. The number of nitriles is 1. The molecule has 4 rings (SSSR count).